The predicted octanol–water partition coefficient (Wildman–Crippen LogP) is 0.970. The standard InChI is InChI=1S/C18H27N3O3/c1-2-7-20-8-10-21(11-9-20)13-18(22)19-12-15-14-23-16-5-3-4-6-17(16)24-15/h3-6,15H,2,7-14H2,1H3,(H,19,22)/t15-/m1/s1. The minimum atomic E-state index is -0.134. The van der Waals surface area contributed by atoms with Gasteiger partial charge in [-0.2, -0.15) is 0 Å². The van der Waals surface area contributed by atoms with E-state index in [1.54, 1.807) is 0 Å². The molecule has 1 aromatic carbocycles. The molecule has 132 valence electrons. The van der Waals surface area contributed by atoms with Crippen LogP contribution in [0.25, 0.3) is 0 Å². The summed E-state index contributed by atoms with van der Waals surface area (Å²) in [6.07, 6.45) is 1.05. The molecule has 1 aromatic rings. The van der Waals surface area contributed by atoms with Crippen LogP contribution in [-0.4, -0.2) is 74.2 Å². The van der Waals surface area contributed by atoms with E-state index in [2.05, 4.69) is 22.0 Å². The van der Waals surface area contributed by atoms with Gasteiger partial charge in [0, 0.05) is 26.2 Å². The van der Waals surface area contributed by atoms with Crippen LogP contribution in [0.2, 0.25) is 0 Å². The predicted molar refractivity (Wildman–Crippen MR) is 92.5 cm³/mol. The van der Waals surface area contributed by atoms with Gasteiger partial charge in [0.15, 0.2) is 11.5 Å². The summed E-state index contributed by atoms with van der Waals surface area (Å²) in [7, 11) is 0. The fourth-order valence-electron chi connectivity index (χ4n) is 3.14. The number of hydrogen-bond acceptors (Lipinski definition) is 5. The van der Waals surface area contributed by atoms with Crippen LogP contribution in [0.15, 0.2) is 24.3 Å². The van der Waals surface area contributed by atoms with Gasteiger partial charge >= 0.3 is 0 Å². The molecule has 0 spiro atoms. The summed E-state index contributed by atoms with van der Waals surface area (Å²) in [5.41, 5.74) is 0. The number of nitrogens with one attached hydrogen (secondary N) is 1. The van der Waals surface area contributed by atoms with E-state index in [4.69, 9.17) is 9.47 Å². The molecule has 0 radical (unpaired) electrons. The number of rotatable bonds is 6. The van der Waals surface area contributed by atoms with E-state index >= 15 is 0 Å². The molecule has 0 saturated carbocycles. The van der Waals surface area contributed by atoms with E-state index in [1.807, 2.05) is 24.3 Å². The smallest absolute Gasteiger partial charge is 0.234 e. The Hall–Kier alpha value is -1.79. The zero-order chi connectivity index (χ0) is 16.8. The van der Waals surface area contributed by atoms with E-state index < -0.39 is 0 Å². The third kappa shape index (κ3) is 4.61. The van der Waals surface area contributed by atoms with Gasteiger partial charge in [0.05, 0.1) is 13.1 Å². The molecule has 6 nitrogen and oxygen atoms in total. The van der Waals surface area contributed by atoms with E-state index in [0.717, 1.165) is 44.2 Å². The molecule has 2 aliphatic rings. The number of carbonyl (C=O) groups is 1. The van der Waals surface area contributed by atoms with Crippen molar-refractivity contribution in [1.82, 2.24) is 15.1 Å². The molecule has 1 N–H and O–H groups in total. The van der Waals surface area contributed by atoms with Crippen LogP contribution < -0.4 is 14.8 Å². The lowest BCUT2D eigenvalue weighted by Crippen LogP contribution is -2.50. The molecule has 1 saturated heterocycles. The van der Waals surface area contributed by atoms with E-state index in [1.165, 1.54) is 6.42 Å². The minimum absolute atomic E-state index is 0.0569. The Morgan fingerprint density at radius 2 is 1.88 bits per heavy atom. The van der Waals surface area contributed by atoms with Gasteiger partial charge in [-0.25, -0.2) is 0 Å². The van der Waals surface area contributed by atoms with Crippen LogP contribution in [0.1, 0.15) is 13.3 Å². The molecule has 6 heteroatoms. The Balaban J connectivity index is 1.36. The summed E-state index contributed by atoms with van der Waals surface area (Å²) in [4.78, 5) is 16.8. The molecule has 1 fully saturated rings. The second-order valence-electron chi connectivity index (χ2n) is 6.42. The van der Waals surface area contributed by atoms with Crippen molar-refractivity contribution < 1.29 is 14.3 Å². The number of fused-ring (bicyclic) bond motifs is 1. The maximum absolute atomic E-state index is 12.1. The van der Waals surface area contributed by atoms with Crippen molar-refractivity contribution in [2.75, 3.05) is 52.4 Å². The van der Waals surface area contributed by atoms with Gasteiger partial charge in [-0.3, -0.25) is 9.69 Å². The number of nitrogens with zero attached hydrogens (tertiary/aromatic N) is 2. The van der Waals surface area contributed by atoms with Crippen LogP contribution in [0.4, 0.5) is 0 Å². The number of piperazine rings is 1. The number of ether oxygens (including phenoxy) is 2. The summed E-state index contributed by atoms with van der Waals surface area (Å²) >= 11 is 0. The summed E-state index contributed by atoms with van der Waals surface area (Å²) in [5.74, 6) is 1.57. The third-order valence-corrected chi connectivity index (χ3v) is 4.47. The normalized spacial score (nSPS) is 21.5. The molecule has 24 heavy (non-hydrogen) atoms. The summed E-state index contributed by atoms with van der Waals surface area (Å²) in [6, 6.07) is 7.62. The highest BCUT2D eigenvalue weighted by Crippen LogP contribution is 2.30. The Kier molecular flexibility index (Phi) is 5.93. The quantitative estimate of drug-likeness (QED) is 0.841. The SMILES string of the molecule is CCCN1CCN(CC(=O)NC[C@@H]2COc3ccccc3O2)CC1. The lowest BCUT2D eigenvalue weighted by Gasteiger charge is -2.34. The average molecular weight is 333 g/mol. The van der Waals surface area contributed by atoms with Crippen LogP contribution >= 0.6 is 0 Å². The molecule has 2 aliphatic heterocycles. The zero-order valence-corrected chi connectivity index (χ0v) is 14.4. The molecule has 1 atom stereocenters. The first-order valence-corrected chi connectivity index (χ1v) is 8.84. The number of carbonyl (C=O) groups excluding carboxylic acids is 1. The first-order chi connectivity index (χ1) is 11.7. The Morgan fingerprint density at radius 3 is 2.62 bits per heavy atom. The van der Waals surface area contributed by atoms with Crippen molar-refractivity contribution in [3.8, 4) is 11.5 Å². The maximum atomic E-state index is 12.1. The molecule has 0 aliphatic carbocycles. The fourth-order valence-corrected chi connectivity index (χ4v) is 3.14. The van der Waals surface area contributed by atoms with Crippen LogP contribution in [0, 0.1) is 0 Å². The van der Waals surface area contributed by atoms with Crippen molar-refractivity contribution in [1.29, 1.82) is 0 Å². The largest absolute Gasteiger partial charge is 0.486 e. The van der Waals surface area contributed by atoms with E-state index in [0.29, 0.717) is 19.7 Å². The highest BCUT2D eigenvalue weighted by Gasteiger charge is 2.22. The maximum Gasteiger partial charge on any atom is 0.234 e. The number of hydrogen-bond donors (Lipinski definition) is 1. The second-order valence-corrected chi connectivity index (χ2v) is 6.42. The molecule has 1 amide bonds. The van der Waals surface area contributed by atoms with E-state index in [9.17, 15) is 4.79 Å². The summed E-state index contributed by atoms with van der Waals surface area (Å²) < 4.78 is 11.5. The van der Waals surface area contributed by atoms with Crippen LogP contribution in [0.3, 0.4) is 0 Å². The highest BCUT2D eigenvalue weighted by molar-refractivity contribution is 5.78. The van der Waals surface area contributed by atoms with Gasteiger partial charge in [0.2, 0.25) is 5.91 Å². The summed E-state index contributed by atoms with van der Waals surface area (Å²) in [5, 5.41) is 2.97. The molecule has 2 heterocycles. The van der Waals surface area contributed by atoms with Crippen molar-refractivity contribution in [2.24, 2.45) is 0 Å². The molecule has 0 aromatic heterocycles. The molecule has 0 bridgehead atoms. The van der Waals surface area contributed by atoms with Gasteiger partial charge in [-0.15, -0.1) is 0 Å². The van der Waals surface area contributed by atoms with Crippen molar-refractivity contribution in [3.63, 3.8) is 0 Å². The highest BCUT2D eigenvalue weighted by atomic mass is 16.6. The second kappa shape index (κ2) is 8.35. The Labute approximate surface area is 143 Å². The Bertz CT molecular complexity index is 544. The zero-order valence-electron chi connectivity index (χ0n) is 14.4. The van der Waals surface area contributed by atoms with Crippen LogP contribution in [0.5, 0.6) is 11.5 Å². The van der Waals surface area contributed by atoms with Crippen molar-refractivity contribution in [2.45, 2.75) is 19.4 Å². The first kappa shape index (κ1) is 17.0. The minimum Gasteiger partial charge on any atom is -0.486 e. The lowest BCUT2D eigenvalue weighted by atomic mass is 10.2. The van der Waals surface area contributed by atoms with Crippen molar-refractivity contribution in [3.05, 3.63) is 24.3 Å². The van der Waals surface area contributed by atoms with Crippen molar-refractivity contribution >= 4 is 5.91 Å². The van der Waals surface area contributed by atoms with Gasteiger partial charge in [-0.1, -0.05) is 19.1 Å². The average Bonchev–Trinajstić information content (AvgIpc) is 2.62. The van der Waals surface area contributed by atoms with Gasteiger partial charge in [0.25, 0.3) is 0 Å². The van der Waals surface area contributed by atoms with Gasteiger partial charge in [0.1, 0.15) is 12.7 Å². The topological polar surface area (TPSA) is 54.0 Å². The first-order valence-electron chi connectivity index (χ1n) is 8.84. The molecular weight excluding hydrogens is 306 g/mol. The monoisotopic (exact) mass is 333 g/mol. The third-order valence-electron chi connectivity index (χ3n) is 4.47. The molecule has 0 unspecified atom stereocenters. The molecule has 3 rings (SSSR count). The van der Waals surface area contributed by atoms with Gasteiger partial charge in [-0.05, 0) is 25.1 Å². The fraction of sp³-hybridized carbons (Fsp3) is 0.611. The number of benzene rings is 1. The number of para-hydroxylation sites is 2. The van der Waals surface area contributed by atoms with Crippen LogP contribution in [-0.2, 0) is 4.79 Å². The lowest BCUT2D eigenvalue weighted by molar-refractivity contribution is -0.123. The van der Waals surface area contributed by atoms with Gasteiger partial charge < -0.3 is 19.7 Å². The Morgan fingerprint density at radius 1 is 1.17 bits per heavy atom. The summed E-state index contributed by atoms with van der Waals surface area (Å²) in [6.45, 7) is 8.79. The number of amides is 1. The molecular formula is C18H27N3O3. The van der Waals surface area contributed by atoms with E-state index in [-0.39, 0.29) is 12.0 Å².